The summed E-state index contributed by atoms with van der Waals surface area (Å²) in [5, 5.41) is 10.9. The number of piperidine rings is 1. The number of hydrogen-bond donors (Lipinski definition) is 2. The largest absolute Gasteiger partial charge is 0.449 e. The van der Waals surface area contributed by atoms with Crippen molar-refractivity contribution >= 4 is 23.5 Å². The maximum absolute atomic E-state index is 13.6. The Morgan fingerprint density at radius 3 is 2.72 bits per heavy atom. The summed E-state index contributed by atoms with van der Waals surface area (Å²) in [6, 6.07) is 1.56. The summed E-state index contributed by atoms with van der Waals surface area (Å²) in [4.78, 5) is 24.3. The molecule has 196 valence electrons. The van der Waals surface area contributed by atoms with E-state index in [9.17, 15) is 13.6 Å². The number of aromatic nitrogens is 4. The fourth-order valence-corrected chi connectivity index (χ4v) is 5.54. The van der Waals surface area contributed by atoms with Crippen LogP contribution in [-0.4, -0.2) is 81.0 Å². The van der Waals surface area contributed by atoms with Gasteiger partial charge in [0.05, 0.1) is 29.6 Å². The monoisotopic (exact) mass is 504 g/mol. The molecule has 3 saturated heterocycles. The second kappa shape index (κ2) is 10.5. The van der Waals surface area contributed by atoms with Crippen molar-refractivity contribution in [3.8, 4) is 0 Å². The third-order valence-electron chi connectivity index (χ3n) is 7.62. The van der Waals surface area contributed by atoms with Gasteiger partial charge in [0.2, 0.25) is 5.95 Å². The van der Waals surface area contributed by atoms with Gasteiger partial charge in [-0.3, -0.25) is 4.68 Å². The maximum atomic E-state index is 13.6. The molecule has 1 amide bonds. The van der Waals surface area contributed by atoms with Gasteiger partial charge >= 0.3 is 6.09 Å². The molecule has 2 N–H and O–H groups in total. The normalized spacial score (nSPS) is 24.3. The summed E-state index contributed by atoms with van der Waals surface area (Å²) in [5.74, 6) is 0.313. The number of amides is 1. The van der Waals surface area contributed by atoms with Crippen molar-refractivity contribution in [1.29, 1.82) is 0 Å². The third-order valence-corrected chi connectivity index (χ3v) is 7.62. The van der Waals surface area contributed by atoms with Crippen molar-refractivity contribution in [3.05, 3.63) is 23.7 Å². The summed E-state index contributed by atoms with van der Waals surface area (Å²) in [7, 11) is 2.22. The highest BCUT2D eigenvalue weighted by molar-refractivity contribution is 5.68. The average Bonchev–Trinajstić information content (AvgIpc) is 3.29. The highest BCUT2D eigenvalue weighted by Gasteiger charge is 2.39. The topological polar surface area (TPSA) is 100 Å². The molecular weight excluding hydrogens is 470 g/mol. The van der Waals surface area contributed by atoms with Crippen LogP contribution in [0.1, 0.15) is 62.2 Å². The minimum atomic E-state index is -2.71. The lowest BCUT2D eigenvalue weighted by molar-refractivity contribution is 0.0729. The molecule has 2 aromatic rings. The van der Waals surface area contributed by atoms with Gasteiger partial charge in [-0.1, -0.05) is 0 Å². The van der Waals surface area contributed by atoms with Gasteiger partial charge in [0.1, 0.15) is 5.82 Å². The van der Waals surface area contributed by atoms with E-state index >= 15 is 0 Å². The van der Waals surface area contributed by atoms with E-state index in [0.717, 1.165) is 36.8 Å². The number of anilines is 3. The van der Waals surface area contributed by atoms with Crippen LogP contribution in [0.25, 0.3) is 0 Å². The van der Waals surface area contributed by atoms with Gasteiger partial charge in [0, 0.05) is 44.1 Å². The Hall–Kier alpha value is -3.02. The van der Waals surface area contributed by atoms with Crippen molar-refractivity contribution in [1.82, 2.24) is 29.5 Å². The van der Waals surface area contributed by atoms with Gasteiger partial charge in [-0.25, -0.2) is 18.6 Å². The lowest BCUT2D eigenvalue weighted by Gasteiger charge is -2.36. The number of nitrogens with one attached hydrogen (secondary N) is 2. The van der Waals surface area contributed by atoms with Gasteiger partial charge < -0.3 is 25.2 Å². The number of cyclic esters (lactones) is 1. The first-order valence-electron chi connectivity index (χ1n) is 12.7. The molecule has 2 bridgehead atoms. The molecule has 2 atom stereocenters. The molecule has 2 unspecified atom stereocenters. The Morgan fingerprint density at radius 1 is 1.22 bits per heavy atom. The summed E-state index contributed by atoms with van der Waals surface area (Å²) >= 11 is 0. The Labute approximate surface area is 209 Å². The number of ether oxygens (including phenoxy) is 1. The van der Waals surface area contributed by atoms with Crippen LogP contribution in [-0.2, 0) is 4.74 Å². The van der Waals surface area contributed by atoms with E-state index in [2.05, 4.69) is 32.5 Å². The van der Waals surface area contributed by atoms with Crippen LogP contribution in [0.5, 0.6) is 0 Å². The van der Waals surface area contributed by atoms with Crippen LogP contribution < -0.4 is 10.6 Å². The van der Waals surface area contributed by atoms with Crippen molar-refractivity contribution in [3.63, 3.8) is 0 Å². The summed E-state index contributed by atoms with van der Waals surface area (Å²) < 4.78 is 34.2. The molecule has 3 fully saturated rings. The van der Waals surface area contributed by atoms with Crippen LogP contribution in [0.4, 0.5) is 31.0 Å². The SMILES string of the molecule is Cc1nn(C2CC3CCC(C2)N3C)cc1Nc1ncc(C(F)F)c(NCCCN2CCCOC2=O)n1. The molecule has 10 nitrogen and oxygen atoms in total. The second-order valence-electron chi connectivity index (χ2n) is 9.94. The van der Waals surface area contributed by atoms with Gasteiger partial charge in [0.15, 0.2) is 0 Å². The molecule has 0 aromatic carbocycles. The van der Waals surface area contributed by atoms with E-state index in [4.69, 9.17) is 9.84 Å². The molecule has 0 aliphatic carbocycles. The fourth-order valence-electron chi connectivity index (χ4n) is 5.54. The third kappa shape index (κ3) is 5.23. The van der Waals surface area contributed by atoms with Crippen LogP contribution in [0.2, 0.25) is 0 Å². The van der Waals surface area contributed by atoms with Gasteiger partial charge in [-0.2, -0.15) is 10.1 Å². The van der Waals surface area contributed by atoms with Crippen LogP contribution >= 0.6 is 0 Å². The minimum Gasteiger partial charge on any atom is -0.449 e. The first kappa shape index (κ1) is 24.7. The molecule has 0 spiro atoms. The summed E-state index contributed by atoms with van der Waals surface area (Å²) in [6.45, 7) is 3.88. The van der Waals surface area contributed by atoms with E-state index in [1.165, 1.54) is 12.8 Å². The zero-order valence-electron chi connectivity index (χ0n) is 20.8. The lowest BCUT2D eigenvalue weighted by Crippen LogP contribution is -2.40. The number of aryl methyl sites for hydroxylation is 1. The van der Waals surface area contributed by atoms with Gasteiger partial charge in [-0.05, 0) is 52.5 Å². The van der Waals surface area contributed by atoms with E-state index in [1.54, 1.807) is 4.90 Å². The highest BCUT2D eigenvalue weighted by Crippen LogP contribution is 2.40. The van der Waals surface area contributed by atoms with Gasteiger partial charge in [-0.15, -0.1) is 0 Å². The zero-order valence-corrected chi connectivity index (χ0v) is 20.8. The molecule has 0 radical (unpaired) electrons. The fraction of sp³-hybridized carbons (Fsp3) is 0.667. The smallest absolute Gasteiger partial charge is 0.409 e. The summed E-state index contributed by atoms with van der Waals surface area (Å²) in [6.07, 6.45) is 6.11. The Balaban J connectivity index is 1.23. The van der Waals surface area contributed by atoms with E-state index in [-0.39, 0.29) is 23.4 Å². The number of nitrogens with zero attached hydrogens (tertiary/aromatic N) is 6. The number of carbonyl (C=O) groups excluding carboxylic acids is 1. The molecular formula is C24H34F2N8O2. The molecule has 3 aliphatic heterocycles. The molecule has 36 heavy (non-hydrogen) atoms. The number of carbonyl (C=O) groups is 1. The van der Waals surface area contributed by atoms with E-state index in [0.29, 0.717) is 50.8 Å². The first-order chi connectivity index (χ1) is 17.4. The van der Waals surface area contributed by atoms with Crippen molar-refractivity contribution < 1.29 is 18.3 Å². The number of rotatable bonds is 9. The number of alkyl halides is 2. The standard InChI is InChI=1S/C24H34F2N8O2/c1-15-20(14-34(31-15)18-11-16-5-6-17(12-18)32(16)2)29-23-28-13-19(21(25)26)22(30-23)27-7-3-8-33-9-4-10-36-24(33)35/h13-14,16-18,21H,3-12H2,1-2H3,(H2,27,28,29,30). The van der Waals surface area contributed by atoms with Crippen LogP contribution in [0, 0.1) is 6.92 Å². The van der Waals surface area contributed by atoms with Crippen molar-refractivity contribution in [2.24, 2.45) is 0 Å². The highest BCUT2D eigenvalue weighted by atomic mass is 19.3. The Morgan fingerprint density at radius 2 is 2.00 bits per heavy atom. The van der Waals surface area contributed by atoms with Crippen molar-refractivity contribution in [2.45, 2.75) is 70.0 Å². The lowest BCUT2D eigenvalue weighted by atomic mass is 9.98. The molecule has 2 aromatic heterocycles. The number of halogens is 2. The second-order valence-corrected chi connectivity index (χ2v) is 9.94. The zero-order chi connectivity index (χ0) is 25.2. The van der Waals surface area contributed by atoms with Crippen LogP contribution in [0.3, 0.4) is 0 Å². The molecule has 5 rings (SSSR count). The Bertz CT molecular complexity index is 1070. The molecule has 5 heterocycles. The number of fused-ring (bicyclic) bond motifs is 2. The first-order valence-corrected chi connectivity index (χ1v) is 12.7. The van der Waals surface area contributed by atoms with Crippen LogP contribution in [0.15, 0.2) is 12.4 Å². The average molecular weight is 505 g/mol. The molecule has 12 heteroatoms. The quantitative estimate of drug-likeness (QED) is 0.493. The molecule has 0 saturated carbocycles. The van der Waals surface area contributed by atoms with Crippen molar-refractivity contribution in [2.75, 3.05) is 43.9 Å². The minimum absolute atomic E-state index is 0.0839. The van der Waals surface area contributed by atoms with Gasteiger partial charge in [0.25, 0.3) is 6.43 Å². The predicted octanol–water partition coefficient (Wildman–Crippen LogP) is 4.10. The Kier molecular flexibility index (Phi) is 7.22. The number of hydrogen-bond acceptors (Lipinski definition) is 8. The summed E-state index contributed by atoms with van der Waals surface area (Å²) in [5.41, 5.74) is 1.32. The van der Waals surface area contributed by atoms with E-state index in [1.807, 2.05) is 17.8 Å². The predicted molar refractivity (Wildman–Crippen MR) is 131 cm³/mol. The van der Waals surface area contributed by atoms with E-state index < -0.39 is 6.43 Å². The molecule has 3 aliphatic rings. The maximum Gasteiger partial charge on any atom is 0.409 e.